The normalized spacial score (nSPS) is 11.5. The topological polar surface area (TPSA) is 200 Å². The van der Waals surface area contributed by atoms with Crippen molar-refractivity contribution in [1.82, 2.24) is 19.9 Å². The number of fused-ring (bicyclic) bond motifs is 4. The second-order valence-electron chi connectivity index (χ2n) is 28.6. The maximum Gasteiger partial charge on any atom is 0.161 e. The zero-order valence-electron chi connectivity index (χ0n) is 69.6. The van der Waals surface area contributed by atoms with E-state index >= 15 is 0 Å². The summed E-state index contributed by atoms with van der Waals surface area (Å²) in [5.74, 6) is 0. The third-order valence-electron chi connectivity index (χ3n) is 18.6. The first kappa shape index (κ1) is 98.2. The van der Waals surface area contributed by atoms with Crippen LogP contribution in [-0.4, -0.2) is 19.9 Å². The summed E-state index contributed by atoms with van der Waals surface area (Å²) in [6.07, 6.45) is 25.6. The zero-order chi connectivity index (χ0) is 87.0. The van der Waals surface area contributed by atoms with Crippen molar-refractivity contribution < 1.29 is 0 Å². The third-order valence-corrected chi connectivity index (χ3v) is 30.5. The lowest BCUT2D eigenvalue weighted by Crippen LogP contribution is -1.85. The van der Waals surface area contributed by atoms with Crippen LogP contribution in [0.1, 0.15) is 164 Å². The number of aromatic nitrogens is 4. The van der Waals surface area contributed by atoms with E-state index < -0.39 is 0 Å². The fourth-order valence-electron chi connectivity index (χ4n) is 11.8. The molecule has 0 radical (unpaired) electrons. The number of hydrogen-bond donors (Lipinski definition) is 0. The predicted molar refractivity (Wildman–Crippen MR) is 574 cm³/mol. The minimum absolute atomic E-state index is 0.851. The van der Waals surface area contributed by atoms with Crippen LogP contribution in [0.3, 0.4) is 0 Å². The van der Waals surface area contributed by atoms with Crippen LogP contribution >= 0.6 is 213 Å². The molecule has 30 heteroatoms. The van der Waals surface area contributed by atoms with E-state index in [-0.39, 0.29) is 0 Å². The quantitative estimate of drug-likeness (QED) is 0.0230. The van der Waals surface area contributed by atoms with Crippen molar-refractivity contribution in [2.45, 2.75) is 170 Å². The Morgan fingerprint density at radius 3 is 0.766 bits per heavy atom. The summed E-state index contributed by atoms with van der Waals surface area (Å²) >= 11 is 28.8. The highest BCUT2D eigenvalue weighted by Crippen LogP contribution is 2.41. The smallest absolute Gasteiger partial charge is 0.161 e. The molecule has 0 amide bonds. The van der Waals surface area contributed by atoms with E-state index in [1.807, 2.05) is 127 Å². The largest absolute Gasteiger partial charge is 0.219 e. The summed E-state index contributed by atoms with van der Waals surface area (Å²) in [4.78, 5) is 21.9. The Hall–Kier alpha value is -6.40. The van der Waals surface area contributed by atoms with Crippen LogP contribution in [0, 0.1) is 26.5 Å². The molecule has 8 aromatic carbocycles. The van der Waals surface area contributed by atoms with E-state index in [2.05, 4.69) is 336 Å². The lowest BCUT2D eigenvalue weighted by molar-refractivity contribution is 0.607. The molecule has 0 aliphatic heterocycles. The summed E-state index contributed by atoms with van der Waals surface area (Å²) in [7, 11) is 0. The van der Waals surface area contributed by atoms with Gasteiger partial charge in [0.25, 0.3) is 0 Å². The standard InChI is InChI=1S/2C19H22IN3S2.C15H14BrN3S2.C15H14IN3S2.C13H11BrN2.C13H11IN2/c2*1-2-3-4-5-6-7-8-14-9-11-15(12-10-14)22-23-17-13-16-18(25-17)21-19(20)24-16;2*1-2-3-4-10-5-7-11(8-6-10)18-19-13-9-12-14(21-13)17-15(16)20-12;2*1-10-2-6-12(7-3-10)15-16-13-8-4-11(14)5-9-13/h2*9-13H,2-8H2,1H3;2*5-9H,2-4H2,1H3;2*2-9H,1H3. The van der Waals surface area contributed by atoms with Gasteiger partial charge in [-0.05, 0) is 339 Å². The number of thiophene rings is 4. The number of unbranched alkanes of at least 4 members (excludes halogenated alkanes) is 12. The van der Waals surface area contributed by atoms with Crippen molar-refractivity contribution in [1.29, 1.82) is 0 Å². The Bertz CT molecular complexity index is 5450. The number of benzene rings is 8. The number of nitrogens with zero attached hydrogens (tertiary/aromatic N) is 16. The summed E-state index contributed by atoms with van der Waals surface area (Å²) < 4.78 is 11.1. The third kappa shape index (κ3) is 35.2. The number of azo groups is 6. The molecule has 0 aliphatic carbocycles. The van der Waals surface area contributed by atoms with Crippen LogP contribution in [0.25, 0.3) is 38.1 Å². The molecule has 0 saturated carbocycles. The van der Waals surface area contributed by atoms with Crippen LogP contribution in [0.15, 0.2) is 288 Å². The van der Waals surface area contributed by atoms with Crippen molar-refractivity contribution in [3.05, 3.63) is 273 Å². The molecule has 0 fully saturated rings. The Morgan fingerprint density at radius 2 is 0.484 bits per heavy atom. The molecule has 0 saturated heterocycles. The molecule has 0 N–H and O–H groups in total. The Balaban J connectivity index is 0.000000146. The van der Waals surface area contributed by atoms with Crippen molar-refractivity contribution in [3.63, 3.8) is 0 Å². The number of hydrogen-bond acceptors (Lipinski definition) is 24. The van der Waals surface area contributed by atoms with Gasteiger partial charge in [0, 0.05) is 8.04 Å². The predicted octanol–water partition coefficient (Wildman–Crippen LogP) is 40.3. The molecule has 640 valence electrons. The molecule has 16 rings (SSSR count). The van der Waals surface area contributed by atoms with Gasteiger partial charge in [-0.2, -0.15) is 20.5 Å². The fraction of sp³-hybridized carbons (Fsp3) is 0.277. The van der Waals surface area contributed by atoms with Crippen molar-refractivity contribution in [2.24, 2.45) is 61.4 Å². The second-order valence-corrected chi connectivity index (χ2v) is 45.5. The first-order valence-corrected chi connectivity index (χ1v) is 53.6. The van der Waals surface area contributed by atoms with Crippen LogP contribution in [0.2, 0.25) is 0 Å². The highest BCUT2D eigenvalue weighted by atomic mass is 127. The van der Waals surface area contributed by atoms with E-state index in [4.69, 9.17) is 0 Å². The van der Waals surface area contributed by atoms with Crippen molar-refractivity contribution >= 4 is 317 Å². The van der Waals surface area contributed by atoms with Crippen molar-refractivity contribution in [3.8, 4) is 0 Å². The van der Waals surface area contributed by atoms with Crippen LogP contribution in [-0.2, 0) is 25.7 Å². The summed E-state index contributed by atoms with van der Waals surface area (Å²) in [5, 5.41) is 54.9. The first-order valence-electron chi connectivity index (χ1n) is 41.2. The number of rotatable bonds is 32. The van der Waals surface area contributed by atoms with Crippen LogP contribution in [0.5, 0.6) is 0 Å². The van der Waals surface area contributed by atoms with Gasteiger partial charge in [0.15, 0.2) is 13.0 Å². The fourth-order valence-corrected chi connectivity index (χ4v) is 23.6. The molecule has 16 nitrogen and oxygen atoms in total. The van der Waals surface area contributed by atoms with Gasteiger partial charge in [0.05, 0.1) is 64.3 Å². The maximum atomic E-state index is 4.47. The SMILES string of the molecule is CCCCCCCCc1ccc(N=Nc2cc3sc(I)nc3s2)cc1.CCCCCCCCc1ccc(N=Nc2cc3sc(I)nc3s2)cc1.CCCCc1ccc(N=Nc2cc3sc(Br)nc3s2)cc1.CCCCc1ccc(N=Nc2cc3sc(I)nc3s2)cc1.Cc1ccc(N=Nc2ccc(Br)cc2)cc1.Cc1ccc(N=Nc2ccc(I)cc2)cc1. The van der Waals surface area contributed by atoms with Gasteiger partial charge < -0.3 is 0 Å². The van der Waals surface area contributed by atoms with Gasteiger partial charge in [-0.1, -0.05) is 250 Å². The molecule has 0 bridgehead atoms. The Labute approximate surface area is 830 Å². The van der Waals surface area contributed by atoms with Gasteiger partial charge in [-0.15, -0.1) is 86.3 Å². The molecule has 8 heterocycles. The van der Waals surface area contributed by atoms with Gasteiger partial charge in [-0.3, -0.25) is 0 Å². The Morgan fingerprint density at radius 1 is 0.250 bits per heavy atom. The van der Waals surface area contributed by atoms with E-state index in [1.165, 1.54) is 154 Å². The summed E-state index contributed by atoms with van der Waals surface area (Å²) in [5.41, 5.74) is 15.0. The average Bonchev–Trinajstić information content (AvgIpc) is 1.69. The van der Waals surface area contributed by atoms with E-state index in [0.717, 1.165) is 133 Å². The number of halogens is 6. The lowest BCUT2D eigenvalue weighted by atomic mass is 10.0. The Kier molecular flexibility index (Phi) is 42.9. The molecule has 8 aromatic heterocycles. The number of aryl methyl sites for hydroxylation is 6. The van der Waals surface area contributed by atoms with E-state index in [0.29, 0.717) is 0 Å². The minimum Gasteiger partial charge on any atom is -0.219 e. The summed E-state index contributed by atoms with van der Waals surface area (Å²) in [6, 6.07) is 73.5. The van der Waals surface area contributed by atoms with Gasteiger partial charge in [0.2, 0.25) is 0 Å². The monoisotopic (exact) mass is 2370 g/mol. The van der Waals surface area contributed by atoms with Crippen LogP contribution < -0.4 is 0 Å². The maximum absolute atomic E-state index is 4.47. The highest BCUT2D eigenvalue weighted by molar-refractivity contribution is 14.1. The minimum atomic E-state index is 0.851. The lowest BCUT2D eigenvalue weighted by Gasteiger charge is -2.02. The molecular weight excluding hydrogens is 2280 g/mol. The second kappa shape index (κ2) is 54.2. The van der Waals surface area contributed by atoms with Crippen LogP contribution in [0.4, 0.5) is 65.5 Å². The van der Waals surface area contributed by atoms with Crippen molar-refractivity contribution in [2.75, 3.05) is 0 Å². The van der Waals surface area contributed by atoms with Gasteiger partial charge in [0.1, 0.15) is 39.3 Å². The van der Waals surface area contributed by atoms with E-state index in [1.54, 1.807) is 90.7 Å². The zero-order valence-corrected chi connectivity index (χ0v) is 87.9. The molecular formula is C94H94Br2I4N16S8. The summed E-state index contributed by atoms with van der Waals surface area (Å²) in [6.45, 7) is 13.1. The number of thiazole rings is 4. The molecule has 124 heavy (non-hydrogen) atoms. The first-order chi connectivity index (χ1) is 60.4. The van der Waals surface area contributed by atoms with Gasteiger partial charge >= 0.3 is 0 Å². The molecule has 0 spiro atoms. The van der Waals surface area contributed by atoms with Gasteiger partial charge in [-0.25, -0.2) is 19.9 Å². The molecule has 0 unspecified atom stereocenters. The molecule has 16 aromatic rings. The highest BCUT2D eigenvalue weighted by Gasteiger charge is 2.12. The molecule has 0 aliphatic rings. The molecule has 0 atom stereocenters. The van der Waals surface area contributed by atoms with E-state index in [9.17, 15) is 0 Å². The average molecular weight is 2370 g/mol.